The van der Waals surface area contributed by atoms with Gasteiger partial charge in [-0.2, -0.15) is 0 Å². The normalized spacial score (nSPS) is 11.3. The van der Waals surface area contributed by atoms with E-state index in [1.54, 1.807) is 0 Å². The molecule has 0 aliphatic rings. The van der Waals surface area contributed by atoms with Gasteiger partial charge in [0.2, 0.25) is 0 Å². The summed E-state index contributed by atoms with van der Waals surface area (Å²) in [4.78, 5) is 9.95. The zero-order valence-corrected chi connectivity index (χ0v) is 15.7. The number of nitrogens with zero attached hydrogens (tertiary/aromatic N) is 2. The van der Waals surface area contributed by atoms with Crippen molar-refractivity contribution in [2.24, 2.45) is 0 Å². The highest BCUT2D eigenvalue weighted by atomic mass is 14.8. The van der Waals surface area contributed by atoms with Crippen molar-refractivity contribution in [2.45, 2.75) is 40.0 Å². The minimum absolute atomic E-state index is 0.997. The van der Waals surface area contributed by atoms with Gasteiger partial charge in [-0.1, -0.05) is 49.7 Å². The molecule has 0 N–H and O–H groups in total. The largest absolute Gasteiger partial charge is 0.251 e. The Kier molecular flexibility index (Phi) is 4.42. The zero-order valence-electron chi connectivity index (χ0n) is 15.7. The molecule has 0 saturated carbocycles. The molecule has 2 nitrogen and oxygen atoms in total. The highest BCUT2D eigenvalue weighted by Crippen LogP contribution is 2.27. The van der Waals surface area contributed by atoms with Crippen molar-refractivity contribution in [3.63, 3.8) is 0 Å². The second kappa shape index (κ2) is 6.87. The van der Waals surface area contributed by atoms with Crippen LogP contribution in [0.3, 0.4) is 0 Å². The van der Waals surface area contributed by atoms with Crippen molar-refractivity contribution < 1.29 is 0 Å². The van der Waals surface area contributed by atoms with Crippen LogP contribution in [0, 0.1) is 13.8 Å². The van der Waals surface area contributed by atoms with Gasteiger partial charge >= 0.3 is 0 Å². The van der Waals surface area contributed by atoms with Crippen LogP contribution >= 0.6 is 0 Å². The van der Waals surface area contributed by atoms with E-state index in [9.17, 15) is 0 Å². The smallest absolute Gasteiger partial charge is 0.0972 e. The van der Waals surface area contributed by atoms with Crippen molar-refractivity contribution in [2.75, 3.05) is 0 Å². The molecule has 4 rings (SSSR count). The van der Waals surface area contributed by atoms with E-state index in [0.29, 0.717) is 0 Å². The number of unbranched alkanes of at least 4 members (excludes halogenated alkanes) is 1. The maximum absolute atomic E-state index is 5.00. The van der Waals surface area contributed by atoms with Crippen molar-refractivity contribution in [3.8, 4) is 11.3 Å². The highest BCUT2D eigenvalue weighted by molar-refractivity contribution is 6.03. The van der Waals surface area contributed by atoms with Crippen LogP contribution in [0.15, 0.2) is 54.6 Å². The summed E-state index contributed by atoms with van der Waals surface area (Å²) >= 11 is 0. The molecule has 0 radical (unpaired) electrons. The molecule has 0 spiro atoms. The van der Waals surface area contributed by atoms with E-state index in [4.69, 9.17) is 9.97 Å². The van der Waals surface area contributed by atoms with E-state index in [-0.39, 0.29) is 0 Å². The minimum atomic E-state index is 0.997. The first kappa shape index (κ1) is 16.7. The summed E-state index contributed by atoms with van der Waals surface area (Å²) in [6.07, 6.45) is 3.38. The van der Waals surface area contributed by atoms with Gasteiger partial charge in [0.25, 0.3) is 0 Å². The third-order valence-corrected chi connectivity index (χ3v) is 5.17. The van der Waals surface area contributed by atoms with E-state index in [2.05, 4.69) is 75.4 Å². The van der Waals surface area contributed by atoms with Crippen molar-refractivity contribution in [3.05, 3.63) is 71.4 Å². The molecule has 0 atom stereocenters. The molecule has 0 saturated heterocycles. The van der Waals surface area contributed by atoms with Crippen LogP contribution in [-0.2, 0) is 6.42 Å². The lowest BCUT2D eigenvalue weighted by molar-refractivity contribution is 0.780. The Morgan fingerprint density at radius 2 is 1.42 bits per heavy atom. The van der Waals surface area contributed by atoms with E-state index in [1.165, 1.54) is 24.0 Å². The van der Waals surface area contributed by atoms with E-state index < -0.39 is 0 Å². The van der Waals surface area contributed by atoms with Crippen LogP contribution in [0.1, 0.15) is 36.6 Å². The molecule has 0 bridgehead atoms. The van der Waals surface area contributed by atoms with Crippen molar-refractivity contribution in [1.82, 2.24) is 9.97 Å². The lowest BCUT2D eigenvalue weighted by atomic mass is 10.0. The molecule has 2 aromatic heterocycles. The molecule has 2 heteroatoms. The summed E-state index contributed by atoms with van der Waals surface area (Å²) in [5, 5.41) is 2.30. The number of rotatable bonds is 4. The van der Waals surface area contributed by atoms with Gasteiger partial charge in [-0.05, 0) is 56.0 Å². The van der Waals surface area contributed by atoms with Gasteiger partial charge in [0, 0.05) is 22.0 Å². The summed E-state index contributed by atoms with van der Waals surface area (Å²) < 4.78 is 0. The number of pyridine rings is 2. The molecule has 26 heavy (non-hydrogen) atoms. The van der Waals surface area contributed by atoms with Crippen LogP contribution in [0.4, 0.5) is 0 Å². The number of fused-ring (bicyclic) bond motifs is 3. The third kappa shape index (κ3) is 3.08. The fraction of sp³-hybridized carbons (Fsp3) is 0.250. The van der Waals surface area contributed by atoms with Gasteiger partial charge in [-0.3, -0.25) is 4.98 Å². The second-order valence-electron chi connectivity index (χ2n) is 7.11. The van der Waals surface area contributed by atoms with Crippen LogP contribution in [0.2, 0.25) is 0 Å². The number of hydrogen-bond donors (Lipinski definition) is 0. The van der Waals surface area contributed by atoms with Crippen LogP contribution in [-0.4, -0.2) is 9.97 Å². The van der Waals surface area contributed by atoms with Crippen LogP contribution in [0.5, 0.6) is 0 Å². The Hall–Kier alpha value is -2.74. The molecule has 4 aromatic rings. The predicted octanol–water partition coefficient (Wildman–Crippen LogP) is 6.41. The predicted molar refractivity (Wildman–Crippen MR) is 111 cm³/mol. The van der Waals surface area contributed by atoms with Gasteiger partial charge in [0.1, 0.15) is 0 Å². The zero-order chi connectivity index (χ0) is 18.1. The third-order valence-electron chi connectivity index (χ3n) is 5.17. The average Bonchev–Trinajstić information content (AvgIpc) is 2.68. The first-order chi connectivity index (χ1) is 12.7. The molecule has 2 aromatic carbocycles. The van der Waals surface area contributed by atoms with E-state index in [1.807, 2.05) is 0 Å². The maximum Gasteiger partial charge on any atom is 0.0972 e. The SMILES string of the molecule is CCCCc1ccc2ccc3ccc(-c4ccc(C)c(C)c4)nc3c2n1. The summed E-state index contributed by atoms with van der Waals surface area (Å²) in [6, 6.07) is 19.4. The summed E-state index contributed by atoms with van der Waals surface area (Å²) in [5.74, 6) is 0. The Balaban J connectivity index is 1.89. The number of benzene rings is 2. The number of hydrogen-bond acceptors (Lipinski definition) is 2. The van der Waals surface area contributed by atoms with E-state index in [0.717, 1.165) is 45.2 Å². The molecular weight excluding hydrogens is 316 g/mol. The average molecular weight is 340 g/mol. The Labute approximate surface area is 154 Å². The second-order valence-corrected chi connectivity index (χ2v) is 7.11. The summed E-state index contributed by atoms with van der Waals surface area (Å²) in [5.41, 5.74) is 7.94. The maximum atomic E-state index is 5.00. The monoisotopic (exact) mass is 340 g/mol. The Morgan fingerprint density at radius 1 is 0.731 bits per heavy atom. The first-order valence-corrected chi connectivity index (χ1v) is 9.43. The standard InChI is InChI=1S/C24H24N2/c1-4-5-6-21-13-11-18-9-10-19-12-14-22(26-24(19)23(18)25-21)20-8-7-16(2)17(3)15-20/h7-15H,4-6H2,1-3H3. The molecule has 0 aliphatic carbocycles. The molecule has 0 aliphatic heterocycles. The Bertz CT molecular complexity index is 1100. The van der Waals surface area contributed by atoms with Crippen LogP contribution < -0.4 is 0 Å². The number of aryl methyl sites for hydroxylation is 3. The Morgan fingerprint density at radius 3 is 2.15 bits per heavy atom. The van der Waals surface area contributed by atoms with E-state index >= 15 is 0 Å². The van der Waals surface area contributed by atoms with Crippen molar-refractivity contribution in [1.29, 1.82) is 0 Å². The first-order valence-electron chi connectivity index (χ1n) is 9.43. The lowest BCUT2D eigenvalue weighted by Crippen LogP contribution is -1.94. The molecule has 0 amide bonds. The van der Waals surface area contributed by atoms with Gasteiger partial charge in [-0.25, -0.2) is 4.98 Å². The lowest BCUT2D eigenvalue weighted by Gasteiger charge is -2.09. The number of aromatic nitrogens is 2. The quantitative estimate of drug-likeness (QED) is 0.401. The fourth-order valence-corrected chi connectivity index (χ4v) is 3.37. The summed E-state index contributed by atoms with van der Waals surface area (Å²) in [7, 11) is 0. The minimum Gasteiger partial charge on any atom is -0.251 e. The molecule has 0 unspecified atom stereocenters. The molecule has 2 heterocycles. The van der Waals surface area contributed by atoms with Gasteiger partial charge in [0.05, 0.1) is 16.7 Å². The van der Waals surface area contributed by atoms with Gasteiger partial charge < -0.3 is 0 Å². The molecule has 130 valence electrons. The van der Waals surface area contributed by atoms with Crippen molar-refractivity contribution >= 4 is 21.8 Å². The topological polar surface area (TPSA) is 25.8 Å². The fourth-order valence-electron chi connectivity index (χ4n) is 3.37. The molecular formula is C24H24N2. The van der Waals surface area contributed by atoms with Crippen LogP contribution in [0.25, 0.3) is 33.1 Å². The van der Waals surface area contributed by atoms with Gasteiger partial charge in [-0.15, -0.1) is 0 Å². The van der Waals surface area contributed by atoms with Gasteiger partial charge in [0.15, 0.2) is 0 Å². The summed E-state index contributed by atoms with van der Waals surface area (Å²) in [6.45, 7) is 6.51. The highest BCUT2D eigenvalue weighted by Gasteiger charge is 2.08. The molecule has 0 fully saturated rings.